The van der Waals surface area contributed by atoms with Gasteiger partial charge in [-0.1, -0.05) is 45.3 Å². The number of hydrogen-bond donors (Lipinski definition) is 0. The quantitative estimate of drug-likeness (QED) is 0.629. The predicted molar refractivity (Wildman–Crippen MR) is 60.0 cm³/mol. The maximum Gasteiger partial charge on any atom is 0.119 e. The molecular formula is C12H16BF. The van der Waals surface area contributed by atoms with Crippen LogP contribution in [0.1, 0.15) is 50.7 Å². The molecule has 0 atom stereocenters. The molecule has 0 spiro atoms. The smallest absolute Gasteiger partial charge is 0.119 e. The molecule has 2 radical (unpaired) electrons. The maximum absolute atomic E-state index is 13.7. The topological polar surface area (TPSA) is 0 Å². The van der Waals surface area contributed by atoms with Crippen molar-refractivity contribution in [2.24, 2.45) is 0 Å². The summed E-state index contributed by atoms with van der Waals surface area (Å²) in [5.41, 5.74) is 1.91. The summed E-state index contributed by atoms with van der Waals surface area (Å²) < 4.78 is 13.7. The number of benzene rings is 1. The normalized spacial score (nSPS) is 11.4. The Labute approximate surface area is 86.9 Å². The molecule has 2 heteroatoms. The molecule has 0 N–H and O–H groups in total. The highest BCUT2D eigenvalue weighted by Gasteiger charge is 2.12. The second-order valence-corrected chi connectivity index (χ2v) is 4.28. The molecule has 0 saturated carbocycles. The van der Waals surface area contributed by atoms with E-state index < -0.39 is 0 Å². The van der Waals surface area contributed by atoms with E-state index in [1.54, 1.807) is 0 Å². The summed E-state index contributed by atoms with van der Waals surface area (Å²) in [6.07, 6.45) is 0. The van der Waals surface area contributed by atoms with Gasteiger partial charge in [0.25, 0.3) is 0 Å². The van der Waals surface area contributed by atoms with Crippen LogP contribution in [-0.2, 0) is 0 Å². The fourth-order valence-corrected chi connectivity index (χ4v) is 1.57. The monoisotopic (exact) mass is 190 g/mol. The highest BCUT2D eigenvalue weighted by Crippen LogP contribution is 2.20. The highest BCUT2D eigenvalue weighted by atomic mass is 19.1. The van der Waals surface area contributed by atoms with Crippen molar-refractivity contribution in [3.63, 3.8) is 0 Å². The molecule has 0 amide bonds. The van der Waals surface area contributed by atoms with E-state index in [-0.39, 0.29) is 17.7 Å². The zero-order valence-corrected chi connectivity index (χ0v) is 9.26. The number of halogens is 1. The van der Waals surface area contributed by atoms with Gasteiger partial charge in [-0.05, 0) is 23.0 Å². The highest BCUT2D eigenvalue weighted by molar-refractivity contribution is 6.33. The summed E-state index contributed by atoms with van der Waals surface area (Å²) in [6.45, 7) is 7.96. The van der Waals surface area contributed by atoms with Crippen molar-refractivity contribution in [1.82, 2.24) is 0 Å². The molecule has 14 heavy (non-hydrogen) atoms. The fraction of sp³-hybridized carbons (Fsp3) is 0.500. The lowest BCUT2D eigenvalue weighted by molar-refractivity contribution is 0.603. The minimum absolute atomic E-state index is 0.179. The van der Waals surface area contributed by atoms with E-state index >= 15 is 0 Å². The van der Waals surface area contributed by atoms with Crippen LogP contribution in [0.2, 0.25) is 0 Å². The van der Waals surface area contributed by atoms with E-state index in [4.69, 9.17) is 7.85 Å². The van der Waals surface area contributed by atoms with Gasteiger partial charge in [0, 0.05) is 0 Å². The Morgan fingerprint density at radius 2 is 1.43 bits per heavy atom. The van der Waals surface area contributed by atoms with Crippen molar-refractivity contribution >= 4 is 13.3 Å². The Kier molecular flexibility index (Phi) is 3.36. The van der Waals surface area contributed by atoms with Gasteiger partial charge in [0.05, 0.1) is 0 Å². The van der Waals surface area contributed by atoms with Gasteiger partial charge in [-0.3, -0.25) is 0 Å². The zero-order chi connectivity index (χ0) is 10.9. The van der Waals surface area contributed by atoms with Crippen LogP contribution in [0.15, 0.2) is 12.1 Å². The molecule has 1 aromatic carbocycles. The first-order chi connectivity index (χ1) is 6.45. The van der Waals surface area contributed by atoms with E-state index in [2.05, 4.69) is 0 Å². The lowest BCUT2D eigenvalue weighted by atomic mass is 9.82. The Morgan fingerprint density at radius 1 is 1.00 bits per heavy atom. The van der Waals surface area contributed by atoms with E-state index in [0.717, 1.165) is 5.56 Å². The summed E-state index contributed by atoms with van der Waals surface area (Å²) in [4.78, 5) is 0. The van der Waals surface area contributed by atoms with Gasteiger partial charge in [-0.25, -0.2) is 4.39 Å². The number of hydrogen-bond acceptors (Lipinski definition) is 0. The Balaban J connectivity index is 3.26. The molecule has 0 unspecified atom stereocenters. The molecule has 74 valence electrons. The van der Waals surface area contributed by atoms with Crippen LogP contribution >= 0.6 is 0 Å². The third-order valence-electron chi connectivity index (χ3n) is 2.49. The van der Waals surface area contributed by atoms with Crippen molar-refractivity contribution in [1.29, 1.82) is 0 Å². The molecule has 0 aliphatic heterocycles. The average Bonchev–Trinajstić information content (AvgIpc) is 2.08. The van der Waals surface area contributed by atoms with Crippen LogP contribution in [-0.4, -0.2) is 7.85 Å². The van der Waals surface area contributed by atoms with Crippen LogP contribution < -0.4 is 5.46 Å². The molecule has 0 aromatic heterocycles. The summed E-state index contributed by atoms with van der Waals surface area (Å²) >= 11 is 0. The standard InChI is InChI=1S/C12H16BF/c1-7(2)9-5-6-10(8(3)4)12(14)11(9)13/h5-8H,1-4H3. The van der Waals surface area contributed by atoms with E-state index in [9.17, 15) is 4.39 Å². The summed E-state index contributed by atoms with van der Waals surface area (Å²) in [5.74, 6) is 0.204. The van der Waals surface area contributed by atoms with E-state index in [1.807, 2.05) is 39.8 Å². The van der Waals surface area contributed by atoms with Crippen LogP contribution in [0.25, 0.3) is 0 Å². The third-order valence-corrected chi connectivity index (χ3v) is 2.49. The van der Waals surface area contributed by atoms with E-state index in [0.29, 0.717) is 11.0 Å². The first-order valence-electron chi connectivity index (χ1n) is 5.03. The van der Waals surface area contributed by atoms with Gasteiger partial charge >= 0.3 is 0 Å². The molecule has 1 rings (SSSR count). The van der Waals surface area contributed by atoms with Crippen molar-refractivity contribution in [2.45, 2.75) is 39.5 Å². The summed E-state index contributed by atoms with van der Waals surface area (Å²) in [6, 6.07) is 3.77. The van der Waals surface area contributed by atoms with Gasteiger partial charge < -0.3 is 0 Å². The second-order valence-electron chi connectivity index (χ2n) is 4.28. The van der Waals surface area contributed by atoms with Gasteiger partial charge in [0.15, 0.2) is 0 Å². The molecule has 0 aliphatic carbocycles. The van der Waals surface area contributed by atoms with Gasteiger partial charge in [-0.15, -0.1) is 0 Å². The van der Waals surface area contributed by atoms with E-state index in [1.165, 1.54) is 0 Å². The Bertz CT molecular complexity index is 296. The minimum atomic E-state index is -0.244. The SMILES string of the molecule is [B]c1c(C(C)C)ccc(C(C)C)c1F. The van der Waals surface area contributed by atoms with Crippen LogP contribution in [0, 0.1) is 5.82 Å². The molecule has 1 aromatic rings. The molecule has 0 nitrogen and oxygen atoms in total. The maximum atomic E-state index is 13.7. The molecule has 0 fully saturated rings. The van der Waals surface area contributed by atoms with Crippen molar-refractivity contribution in [3.05, 3.63) is 29.1 Å². The van der Waals surface area contributed by atoms with Crippen LogP contribution in [0.5, 0.6) is 0 Å². The van der Waals surface area contributed by atoms with Crippen LogP contribution in [0.4, 0.5) is 4.39 Å². The molecule has 0 heterocycles. The minimum Gasteiger partial charge on any atom is -0.207 e. The van der Waals surface area contributed by atoms with Gasteiger partial charge in [-0.2, -0.15) is 0 Å². The first kappa shape index (κ1) is 11.3. The molecule has 0 bridgehead atoms. The summed E-state index contributed by atoms with van der Waals surface area (Å²) in [5, 5.41) is 0. The molecular weight excluding hydrogens is 174 g/mol. The molecule has 0 saturated heterocycles. The van der Waals surface area contributed by atoms with Crippen molar-refractivity contribution in [2.75, 3.05) is 0 Å². The third kappa shape index (κ3) is 2.00. The Morgan fingerprint density at radius 3 is 1.86 bits per heavy atom. The summed E-state index contributed by atoms with van der Waals surface area (Å²) in [7, 11) is 5.75. The number of rotatable bonds is 2. The molecule has 0 aliphatic rings. The lowest BCUT2D eigenvalue weighted by Crippen LogP contribution is -2.19. The lowest BCUT2D eigenvalue weighted by Gasteiger charge is -2.15. The van der Waals surface area contributed by atoms with Gasteiger partial charge in [0.2, 0.25) is 0 Å². The van der Waals surface area contributed by atoms with Gasteiger partial charge in [0.1, 0.15) is 13.7 Å². The van der Waals surface area contributed by atoms with Crippen molar-refractivity contribution in [3.8, 4) is 0 Å². The predicted octanol–water partition coefficient (Wildman–Crippen LogP) is 2.87. The fourth-order valence-electron chi connectivity index (χ4n) is 1.57. The van der Waals surface area contributed by atoms with Crippen LogP contribution in [0.3, 0.4) is 0 Å². The largest absolute Gasteiger partial charge is 0.207 e. The first-order valence-corrected chi connectivity index (χ1v) is 5.03. The zero-order valence-electron chi connectivity index (χ0n) is 9.26. The second kappa shape index (κ2) is 4.16. The average molecular weight is 190 g/mol. The Hall–Kier alpha value is -0.785. The van der Waals surface area contributed by atoms with Crippen molar-refractivity contribution < 1.29 is 4.39 Å².